The summed E-state index contributed by atoms with van der Waals surface area (Å²) >= 11 is 0. The number of rotatable bonds is 2. The highest BCUT2D eigenvalue weighted by molar-refractivity contribution is 5.89. The van der Waals surface area contributed by atoms with E-state index < -0.39 is 0 Å². The van der Waals surface area contributed by atoms with Gasteiger partial charge in [0.15, 0.2) is 0 Å². The molecule has 0 heterocycles. The normalized spacial score (nSPS) is 13.2. The van der Waals surface area contributed by atoms with Crippen LogP contribution in [-0.4, -0.2) is 18.4 Å². The lowest BCUT2D eigenvalue weighted by Crippen LogP contribution is -1.82. The first-order chi connectivity index (χ1) is 4.81. The zero-order valence-corrected chi connectivity index (χ0v) is 6.28. The number of nitrogens with zero attached hydrogens (tertiary/aromatic N) is 3. The Balaban J connectivity index is 3.88. The Morgan fingerprint density at radius 1 is 1.50 bits per heavy atom. The first-order valence-electron chi connectivity index (χ1n) is 2.97. The van der Waals surface area contributed by atoms with Crippen molar-refractivity contribution in [1.29, 1.82) is 0 Å². The first-order valence-corrected chi connectivity index (χ1v) is 2.97. The van der Waals surface area contributed by atoms with Gasteiger partial charge < -0.3 is 0 Å². The molecule has 0 unspecified atom stereocenters. The van der Waals surface area contributed by atoms with Crippen LogP contribution >= 0.6 is 0 Å². The number of amidine groups is 1. The summed E-state index contributed by atoms with van der Waals surface area (Å²) in [6.07, 6.45) is 4.55. The molecule has 0 saturated heterocycles. The summed E-state index contributed by atoms with van der Waals surface area (Å²) in [5, 5.41) is 0. The monoisotopic (exact) mass is 137 g/mol. The first kappa shape index (κ1) is 8.75. The van der Waals surface area contributed by atoms with Gasteiger partial charge in [-0.15, -0.1) is 0 Å². The van der Waals surface area contributed by atoms with Crippen molar-refractivity contribution in [3.8, 4) is 0 Å². The fraction of sp³-hybridized carbons (Fsp3) is 0.286. The minimum absolute atomic E-state index is 0.653. The van der Waals surface area contributed by atoms with Gasteiger partial charge in [-0.25, -0.2) is 15.0 Å². The molecule has 0 fully saturated rings. The Bertz CT molecular complexity index is 177. The van der Waals surface area contributed by atoms with Crippen molar-refractivity contribution in [1.82, 2.24) is 0 Å². The van der Waals surface area contributed by atoms with Crippen LogP contribution in [0.5, 0.6) is 0 Å². The van der Waals surface area contributed by atoms with E-state index in [1.165, 1.54) is 12.5 Å². The molecule has 0 aromatic carbocycles. The van der Waals surface area contributed by atoms with Gasteiger partial charge in [0.05, 0.1) is 0 Å². The van der Waals surface area contributed by atoms with Gasteiger partial charge >= 0.3 is 0 Å². The van der Waals surface area contributed by atoms with E-state index in [-0.39, 0.29) is 0 Å². The molecule has 0 N–H and O–H groups in total. The van der Waals surface area contributed by atoms with Gasteiger partial charge in [-0.2, -0.15) is 0 Å². The topological polar surface area (TPSA) is 37.1 Å². The lowest BCUT2D eigenvalue weighted by Gasteiger charge is -1.82. The molecular weight excluding hydrogens is 126 g/mol. The molecule has 0 aliphatic rings. The summed E-state index contributed by atoms with van der Waals surface area (Å²) in [4.78, 5) is 11.4. The zero-order chi connectivity index (χ0) is 7.82. The highest BCUT2D eigenvalue weighted by atomic mass is 14.9. The summed E-state index contributed by atoms with van der Waals surface area (Å²) in [5.74, 6) is 0.653. The SMILES string of the molecule is C=C\N=C(C)/N=C\N=C\C. The fourth-order valence-electron chi connectivity index (χ4n) is 0.349. The summed E-state index contributed by atoms with van der Waals surface area (Å²) < 4.78 is 0. The van der Waals surface area contributed by atoms with Crippen molar-refractivity contribution in [2.75, 3.05) is 0 Å². The second-order valence-electron chi connectivity index (χ2n) is 1.51. The van der Waals surface area contributed by atoms with Gasteiger partial charge in [0, 0.05) is 12.4 Å². The second kappa shape index (κ2) is 5.88. The maximum Gasteiger partial charge on any atom is 0.126 e. The van der Waals surface area contributed by atoms with Crippen LogP contribution in [0.25, 0.3) is 0 Å². The minimum atomic E-state index is 0.653. The third-order valence-electron chi connectivity index (χ3n) is 0.738. The molecule has 0 aliphatic heterocycles. The van der Waals surface area contributed by atoms with E-state index in [0.29, 0.717) is 5.84 Å². The Kier molecular flexibility index (Phi) is 5.14. The summed E-state index contributed by atoms with van der Waals surface area (Å²) in [7, 11) is 0. The predicted octanol–water partition coefficient (Wildman–Crippen LogP) is 1.67. The lowest BCUT2D eigenvalue weighted by atomic mass is 10.7. The van der Waals surface area contributed by atoms with Gasteiger partial charge in [0.25, 0.3) is 0 Å². The van der Waals surface area contributed by atoms with Crippen molar-refractivity contribution in [2.24, 2.45) is 15.0 Å². The van der Waals surface area contributed by atoms with E-state index in [9.17, 15) is 0 Å². The summed E-state index contributed by atoms with van der Waals surface area (Å²) in [6.45, 7) is 7.04. The Morgan fingerprint density at radius 3 is 2.70 bits per heavy atom. The quantitative estimate of drug-likeness (QED) is 0.410. The van der Waals surface area contributed by atoms with Crippen LogP contribution in [0.4, 0.5) is 0 Å². The van der Waals surface area contributed by atoms with Crippen LogP contribution < -0.4 is 0 Å². The molecular formula is C7H11N3. The number of aliphatic imine (C=N–C) groups is 3. The van der Waals surface area contributed by atoms with Gasteiger partial charge in [-0.1, -0.05) is 6.58 Å². The van der Waals surface area contributed by atoms with E-state index in [1.54, 1.807) is 13.1 Å². The average molecular weight is 137 g/mol. The average Bonchev–Trinajstić information content (AvgIpc) is 1.89. The van der Waals surface area contributed by atoms with Crippen molar-refractivity contribution in [3.05, 3.63) is 12.8 Å². The van der Waals surface area contributed by atoms with Crippen molar-refractivity contribution >= 4 is 18.4 Å². The van der Waals surface area contributed by atoms with E-state index >= 15 is 0 Å². The number of hydrogen-bond acceptors (Lipinski definition) is 1. The largest absolute Gasteiger partial charge is 0.249 e. The van der Waals surface area contributed by atoms with Crippen LogP contribution in [0.3, 0.4) is 0 Å². The maximum absolute atomic E-state index is 3.86. The highest BCUT2D eigenvalue weighted by Crippen LogP contribution is 1.78. The second-order valence-corrected chi connectivity index (χ2v) is 1.51. The molecule has 54 valence electrons. The molecule has 0 bridgehead atoms. The third kappa shape index (κ3) is 4.90. The molecule has 10 heavy (non-hydrogen) atoms. The molecule has 0 radical (unpaired) electrons. The molecule has 0 atom stereocenters. The highest BCUT2D eigenvalue weighted by Gasteiger charge is 1.76. The molecule has 0 aromatic rings. The van der Waals surface area contributed by atoms with E-state index in [0.717, 1.165) is 0 Å². The molecule has 0 amide bonds. The van der Waals surface area contributed by atoms with Crippen LogP contribution in [0.1, 0.15) is 13.8 Å². The van der Waals surface area contributed by atoms with Crippen molar-refractivity contribution < 1.29 is 0 Å². The maximum atomic E-state index is 3.86. The molecule has 3 heteroatoms. The molecule has 0 saturated carbocycles. The standard InChI is InChI=1S/C7H11N3/c1-4-8-6-10-7(3)9-5-2/h4-6H,2H2,1,3H3/b8-4+,9-7-,10-6-. The Morgan fingerprint density at radius 2 is 2.20 bits per heavy atom. The van der Waals surface area contributed by atoms with Gasteiger partial charge in [0.2, 0.25) is 0 Å². The minimum Gasteiger partial charge on any atom is -0.249 e. The Labute approximate surface area is 60.9 Å². The van der Waals surface area contributed by atoms with E-state index in [1.807, 2.05) is 6.92 Å². The zero-order valence-electron chi connectivity index (χ0n) is 6.28. The third-order valence-corrected chi connectivity index (χ3v) is 0.738. The van der Waals surface area contributed by atoms with Crippen LogP contribution in [0.15, 0.2) is 27.8 Å². The van der Waals surface area contributed by atoms with E-state index in [4.69, 9.17) is 0 Å². The molecule has 0 rings (SSSR count). The van der Waals surface area contributed by atoms with Crippen molar-refractivity contribution in [2.45, 2.75) is 13.8 Å². The number of hydrogen-bond donors (Lipinski definition) is 0. The van der Waals surface area contributed by atoms with Crippen LogP contribution in [0.2, 0.25) is 0 Å². The molecule has 3 nitrogen and oxygen atoms in total. The van der Waals surface area contributed by atoms with Crippen LogP contribution in [0, 0.1) is 0 Å². The Hall–Kier alpha value is -1.25. The fourth-order valence-corrected chi connectivity index (χ4v) is 0.349. The molecule has 0 aromatic heterocycles. The van der Waals surface area contributed by atoms with Gasteiger partial charge in [-0.05, 0) is 13.8 Å². The summed E-state index contributed by atoms with van der Waals surface area (Å²) in [6, 6.07) is 0. The van der Waals surface area contributed by atoms with Crippen LogP contribution in [-0.2, 0) is 0 Å². The van der Waals surface area contributed by atoms with Gasteiger partial charge in [0.1, 0.15) is 12.2 Å². The summed E-state index contributed by atoms with van der Waals surface area (Å²) in [5.41, 5.74) is 0. The smallest absolute Gasteiger partial charge is 0.126 e. The molecule has 0 spiro atoms. The van der Waals surface area contributed by atoms with Crippen molar-refractivity contribution in [3.63, 3.8) is 0 Å². The lowest BCUT2D eigenvalue weighted by molar-refractivity contribution is 1.47. The molecule has 0 aliphatic carbocycles. The van der Waals surface area contributed by atoms with E-state index in [2.05, 4.69) is 21.6 Å². The van der Waals surface area contributed by atoms with Gasteiger partial charge in [-0.3, -0.25) is 0 Å². The predicted molar refractivity (Wildman–Crippen MR) is 46.0 cm³/mol.